The zero-order valence-corrected chi connectivity index (χ0v) is 12.2. The molecule has 1 amide bonds. The quantitative estimate of drug-likeness (QED) is 0.713. The maximum atomic E-state index is 12.0. The van der Waals surface area contributed by atoms with Crippen molar-refractivity contribution in [2.75, 3.05) is 11.9 Å². The van der Waals surface area contributed by atoms with E-state index in [9.17, 15) is 18.0 Å². The van der Waals surface area contributed by atoms with Crippen LogP contribution in [0.1, 0.15) is 13.3 Å². The Morgan fingerprint density at radius 1 is 1.29 bits per heavy atom. The molecule has 0 radical (unpaired) electrons. The lowest BCUT2D eigenvalue weighted by molar-refractivity contribution is -0.139. The monoisotopic (exact) mass is 312 g/mol. The van der Waals surface area contributed by atoms with Crippen molar-refractivity contribution in [2.24, 2.45) is 11.8 Å². The van der Waals surface area contributed by atoms with Crippen LogP contribution >= 0.6 is 0 Å². The highest BCUT2D eigenvalue weighted by atomic mass is 32.2. The number of amides is 1. The molecule has 2 atom stereocenters. The minimum Gasteiger partial charge on any atom is -0.481 e. The first-order chi connectivity index (χ1) is 9.86. The van der Waals surface area contributed by atoms with Crippen LogP contribution in [0.5, 0.6) is 0 Å². The number of para-hydroxylation sites is 1. The average Bonchev–Trinajstić information content (AvgIpc) is 3.19. The number of benzene rings is 1. The van der Waals surface area contributed by atoms with Gasteiger partial charge < -0.3 is 10.4 Å². The number of rotatable bonds is 6. The molecule has 7 nitrogen and oxygen atoms in total. The van der Waals surface area contributed by atoms with E-state index in [1.54, 1.807) is 19.1 Å². The molecule has 2 rings (SSSR count). The van der Waals surface area contributed by atoms with Crippen LogP contribution in [0, 0.1) is 11.8 Å². The van der Waals surface area contributed by atoms with Gasteiger partial charge in [0.15, 0.2) is 0 Å². The molecule has 1 saturated carbocycles. The maximum absolute atomic E-state index is 12.0. The fourth-order valence-corrected chi connectivity index (χ4v) is 3.26. The summed E-state index contributed by atoms with van der Waals surface area (Å²) in [6.45, 7) is 1.88. The van der Waals surface area contributed by atoms with Crippen LogP contribution in [0.15, 0.2) is 29.2 Å². The van der Waals surface area contributed by atoms with Crippen molar-refractivity contribution in [3.8, 4) is 0 Å². The molecule has 0 spiro atoms. The second-order valence-corrected chi connectivity index (χ2v) is 6.51. The van der Waals surface area contributed by atoms with Gasteiger partial charge in [-0.3, -0.25) is 9.59 Å². The second-order valence-electron chi connectivity index (χ2n) is 4.77. The Balaban J connectivity index is 2.18. The summed E-state index contributed by atoms with van der Waals surface area (Å²) in [5.74, 6) is -2.76. The third-order valence-electron chi connectivity index (χ3n) is 3.21. The third kappa shape index (κ3) is 3.40. The van der Waals surface area contributed by atoms with Crippen molar-refractivity contribution < 1.29 is 23.1 Å². The van der Waals surface area contributed by atoms with Crippen LogP contribution in [-0.2, 0) is 19.6 Å². The van der Waals surface area contributed by atoms with Gasteiger partial charge in [-0.15, -0.1) is 0 Å². The molecular weight excluding hydrogens is 296 g/mol. The van der Waals surface area contributed by atoms with Crippen LogP contribution in [0.2, 0.25) is 0 Å². The predicted octanol–water partition coefficient (Wildman–Crippen LogP) is 0.644. The summed E-state index contributed by atoms with van der Waals surface area (Å²) in [5, 5.41) is 11.3. The lowest BCUT2D eigenvalue weighted by Crippen LogP contribution is -2.25. The molecule has 2 unspecified atom stereocenters. The molecule has 1 aliphatic rings. The predicted molar refractivity (Wildman–Crippen MR) is 75.2 cm³/mol. The van der Waals surface area contributed by atoms with Crippen LogP contribution in [0.4, 0.5) is 5.69 Å². The van der Waals surface area contributed by atoms with Crippen molar-refractivity contribution in [1.82, 2.24) is 4.72 Å². The number of hydrogen-bond acceptors (Lipinski definition) is 4. The van der Waals surface area contributed by atoms with E-state index in [2.05, 4.69) is 10.0 Å². The minimum absolute atomic E-state index is 0.0345. The Labute approximate surface area is 122 Å². The van der Waals surface area contributed by atoms with Gasteiger partial charge in [-0.05, 0) is 18.6 Å². The van der Waals surface area contributed by atoms with Crippen molar-refractivity contribution in [3.63, 3.8) is 0 Å². The van der Waals surface area contributed by atoms with Crippen LogP contribution in [-0.4, -0.2) is 31.9 Å². The highest BCUT2D eigenvalue weighted by Gasteiger charge is 2.48. The number of carboxylic acid groups (broad SMARTS) is 1. The smallest absolute Gasteiger partial charge is 0.307 e. The largest absolute Gasteiger partial charge is 0.481 e. The van der Waals surface area contributed by atoms with E-state index in [1.165, 1.54) is 12.1 Å². The number of nitrogens with one attached hydrogen (secondary N) is 2. The number of sulfonamides is 1. The van der Waals surface area contributed by atoms with E-state index in [-0.39, 0.29) is 23.5 Å². The molecule has 1 aromatic rings. The summed E-state index contributed by atoms with van der Waals surface area (Å²) < 4.78 is 26.4. The van der Waals surface area contributed by atoms with E-state index >= 15 is 0 Å². The zero-order chi connectivity index (χ0) is 15.6. The molecular formula is C13H16N2O5S. The van der Waals surface area contributed by atoms with Gasteiger partial charge in [-0.25, -0.2) is 13.1 Å². The SMILES string of the molecule is CCNS(=O)(=O)c1ccccc1NC(=O)C1CC1C(=O)O. The first-order valence-corrected chi connectivity index (χ1v) is 7.97. The average molecular weight is 312 g/mol. The summed E-state index contributed by atoms with van der Waals surface area (Å²) in [4.78, 5) is 22.7. The highest BCUT2D eigenvalue weighted by Crippen LogP contribution is 2.39. The van der Waals surface area contributed by atoms with Gasteiger partial charge in [0.1, 0.15) is 4.90 Å². The number of aliphatic carboxylic acids is 1. The van der Waals surface area contributed by atoms with Gasteiger partial charge in [0.2, 0.25) is 15.9 Å². The normalized spacial score (nSPS) is 20.8. The molecule has 8 heteroatoms. The number of carbonyl (C=O) groups excluding carboxylic acids is 1. The van der Waals surface area contributed by atoms with Crippen LogP contribution < -0.4 is 10.0 Å². The molecule has 0 saturated heterocycles. The van der Waals surface area contributed by atoms with Crippen LogP contribution in [0.25, 0.3) is 0 Å². The van der Waals surface area contributed by atoms with Gasteiger partial charge in [0.05, 0.1) is 17.5 Å². The summed E-state index contributed by atoms with van der Waals surface area (Å²) in [7, 11) is -3.70. The molecule has 0 aromatic heterocycles. The lowest BCUT2D eigenvalue weighted by Gasteiger charge is -2.11. The highest BCUT2D eigenvalue weighted by molar-refractivity contribution is 7.89. The number of hydrogen-bond donors (Lipinski definition) is 3. The van der Waals surface area contributed by atoms with Gasteiger partial charge in [-0.2, -0.15) is 0 Å². The molecule has 3 N–H and O–H groups in total. The summed E-state index contributed by atoms with van der Waals surface area (Å²) in [5.41, 5.74) is 0.152. The molecule has 114 valence electrons. The van der Waals surface area contributed by atoms with Gasteiger partial charge in [0, 0.05) is 6.54 Å². The number of anilines is 1. The maximum Gasteiger partial charge on any atom is 0.307 e. The first-order valence-electron chi connectivity index (χ1n) is 6.49. The standard InChI is InChI=1S/C13H16N2O5S/c1-2-14-21(19,20)11-6-4-3-5-10(11)15-12(16)8-7-9(8)13(17)18/h3-6,8-9,14H,2,7H2,1H3,(H,15,16)(H,17,18). The van der Waals surface area contributed by atoms with Crippen molar-refractivity contribution in [1.29, 1.82) is 0 Å². The zero-order valence-electron chi connectivity index (χ0n) is 11.4. The molecule has 1 aliphatic carbocycles. The third-order valence-corrected chi connectivity index (χ3v) is 4.82. The molecule has 0 bridgehead atoms. The fraction of sp³-hybridized carbons (Fsp3) is 0.385. The van der Waals surface area contributed by atoms with Crippen molar-refractivity contribution in [3.05, 3.63) is 24.3 Å². The van der Waals surface area contributed by atoms with Gasteiger partial charge in [-0.1, -0.05) is 19.1 Å². The fourth-order valence-electron chi connectivity index (χ4n) is 2.06. The lowest BCUT2D eigenvalue weighted by atomic mass is 10.2. The summed E-state index contributed by atoms with van der Waals surface area (Å²) in [6.07, 6.45) is 0.281. The Morgan fingerprint density at radius 2 is 1.95 bits per heavy atom. The summed E-state index contributed by atoms with van der Waals surface area (Å²) >= 11 is 0. The molecule has 21 heavy (non-hydrogen) atoms. The topological polar surface area (TPSA) is 113 Å². The Kier molecular flexibility index (Phi) is 4.29. The van der Waals surface area contributed by atoms with E-state index in [0.29, 0.717) is 0 Å². The van der Waals surface area contributed by atoms with Crippen LogP contribution in [0.3, 0.4) is 0 Å². The van der Waals surface area contributed by atoms with E-state index in [0.717, 1.165) is 0 Å². The number of carboxylic acids is 1. The summed E-state index contributed by atoms with van der Waals surface area (Å²) in [6, 6.07) is 6.01. The minimum atomic E-state index is -3.70. The van der Waals surface area contributed by atoms with E-state index in [4.69, 9.17) is 5.11 Å². The second kappa shape index (κ2) is 5.82. The Hall–Kier alpha value is -1.93. The van der Waals surface area contributed by atoms with Crippen molar-refractivity contribution >= 4 is 27.6 Å². The van der Waals surface area contributed by atoms with Gasteiger partial charge in [0.25, 0.3) is 0 Å². The van der Waals surface area contributed by atoms with E-state index in [1.807, 2.05) is 0 Å². The number of carbonyl (C=O) groups is 2. The Morgan fingerprint density at radius 3 is 2.52 bits per heavy atom. The van der Waals surface area contributed by atoms with E-state index < -0.39 is 33.7 Å². The Bertz CT molecular complexity index is 671. The van der Waals surface area contributed by atoms with Crippen molar-refractivity contribution in [2.45, 2.75) is 18.2 Å². The molecule has 1 aromatic carbocycles. The van der Waals surface area contributed by atoms with Gasteiger partial charge >= 0.3 is 5.97 Å². The molecule has 0 aliphatic heterocycles. The molecule has 0 heterocycles. The molecule has 1 fully saturated rings. The first kappa shape index (κ1) is 15.5.